The molecule has 0 radical (unpaired) electrons. The van der Waals surface area contributed by atoms with Gasteiger partial charge >= 0.3 is 0 Å². The van der Waals surface area contributed by atoms with Crippen LogP contribution in [-0.2, 0) is 0 Å². The number of rotatable bonds is 7. The van der Waals surface area contributed by atoms with E-state index in [9.17, 15) is 4.79 Å². The minimum absolute atomic E-state index is 0.0455. The van der Waals surface area contributed by atoms with Gasteiger partial charge in [-0.05, 0) is 52.1 Å². The van der Waals surface area contributed by atoms with Crippen LogP contribution in [0.5, 0.6) is 0 Å². The summed E-state index contributed by atoms with van der Waals surface area (Å²) in [6.07, 6.45) is 2.07. The van der Waals surface area contributed by atoms with Gasteiger partial charge in [-0.25, -0.2) is 0 Å². The number of likely N-dealkylation sites (tertiary alicyclic amines) is 1. The third kappa shape index (κ3) is 4.36. The van der Waals surface area contributed by atoms with Crippen LogP contribution in [0.15, 0.2) is 60.7 Å². The molecule has 2 atom stereocenters. The zero-order valence-electron chi connectivity index (χ0n) is 15.3. The van der Waals surface area contributed by atoms with Gasteiger partial charge in [0.2, 0.25) is 0 Å². The first-order valence-corrected chi connectivity index (χ1v) is 9.20. The lowest BCUT2D eigenvalue weighted by molar-refractivity contribution is 0.0880. The predicted octanol–water partition coefficient (Wildman–Crippen LogP) is 3.88. The van der Waals surface area contributed by atoms with Gasteiger partial charge in [0.1, 0.15) is 0 Å². The summed E-state index contributed by atoms with van der Waals surface area (Å²) >= 11 is 0. The number of hydrogen-bond donors (Lipinski definition) is 0. The van der Waals surface area contributed by atoms with Gasteiger partial charge in [-0.3, -0.25) is 9.69 Å². The number of carbonyl (C=O) groups is 1. The lowest BCUT2D eigenvalue weighted by Gasteiger charge is -2.28. The molecule has 2 aromatic rings. The summed E-state index contributed by atoms with van der Waals surface area (Å²) in [4.78, 5) is 17.9. The van der Waals surface area contributed by atoms with Crippen molar-refractivity contribution in [2.75, 3.05) is 33.7 Å². The highest BCUT2D eigenvalue weighted by Crippen LogP contribution is 2.39. The first kappa shape index (κ1) is 17.8. The molecule has 0 aromatic heterocycles. The van der Waals surface area contributed by atoms with Crippen LogP contribution in [0, 0.1) is 5.92 Å². The van der Waals surface area contributed by atoms with Gasteiger partial charge in [0, 0.05) is 17.5 Å². The quantitative estimate of drug-likeness (QED) is 0.717. The van der Waals surface area contributed by atoms with Gasteiger partial charge in [0.05, 0.1) is 0 Å². The number of Topliss-reactive ketones (excluding diaryl/α,β-unsaturated/α-hetero) is 1. The molecule has 3 heteroatoms. The molecule has 132 valence electrons. The Morgan fingerprint density at radius 2 is 1.68 bits per heavy atom. The molecule has 0 unspecified atom stereocenters. The first-order valence-electron chi connectivity index (χ1n) is 9.20. The van der Waals surface area contributed by atoms with Crippen molar-refractivity contribution < 1.29 is 4.79 Å². The highest BCUT2D eigenvalue weighted by Gasteiger charge is 2.39. The largest absolute Gasteiger partial charge is 0.309 e. The number of benzene rings is 2. The van der Waals surface area contributed by atoms with E-state index in [4.69, 9.17) is 0 Å². The Morgan fingerprint density at radius 1 is 1.04 bits per heavy atom. The molecule has 25 heavy (non-hydrogen) atoms. The van der Waals surface area contributed by atoms with Crippen LogP contribution in [-0.4, -0.2) is 49.3 Å². The zero-order valence-corrected chi connectivity index (χ0v) is 15.3. The molecule has 1 aliphatic heterocycles. The molecule has 0 saturated carbocycles. The Bertz CT molecular complexity index is 669. The standard InChI is InChI=1S/C22H28N2O/c1-23(2)15-9-16-24-17-14-20(21(24)18-10-5-3-6-11-18)22(25)19-12-7-4-8-13-19/h3-8,10-13,20-21H,9,14-17H2,1-2H3/t20-,21+/m0/s1. The van der Waals surface area contributed by atoms with E-state index in [1.807, 2.05) is 36.4 Å². The normalized spacial score (nSPS) is 20.9. The van der Waals surface area contributed by atoms with E-state index >= 15 is 0 Å². The van der Waals surface area contributed by atoms with E-state index in [1.54, 1.807) is 0 Å². The van der Waals surface area contributed by atoms with E-state index < -0.39 is 0 Å². The molecule has 1 aliphatic rings. The summed E-state index contributed by atoms with van der Waals surface area (Å²) in [6.45, 7) is 3.11. The Labute approximate surface area is 151 Å². The molecular weight excluding hydrogens is 308 g/mol. The molecule has 1 saturated heterocycles. The van der Waals surface area contributed by atoms with Crippen molar-refractivity contribution in [2.24, 2.45) is 5.92 Å². The zero-order chi connectivity index (χ0) is 17.6. The molecule has 1 fully saturated rings. The Hall–Kier alpha value is -1.97. The van der Waals surface area contributed by atoms with Crippen molar-refractivity contribution >= 4 is 5.78 Å². The summed E-state index contributed by atoms with van der Waals surface area (Å²) in [7, 11) is 4.22. The molecule has 3 rings (SSSR count). The van der Waals surface area contributed by atoms with Crippen molar-refractivity contribution in [1.29, 1.82) is 0 Å². The summed E-state index contributed by atoms with van der Waals surface area (Å²) < 4.78 is 0. The second kappa shape index (κ2) is 8.41. The third-order valence-corrected chi connectivity index (χ3v) is 5.09. The molecule has 2 aromatic carbocycles. The van der Waals surface area contributed by atoms with Crippen molar-refractivity contribution in [2.45, 2.75) is 18.9 Å². The smallest absolute Gasteiger partial charge is 0.167 e. The summed E-state index contributed by atoms with van der Waals surface area (Å²) in [5, 5.41) is 0. The fraction of sp³-hybridized carbons (Fsp3) is 0.409. The third-order valence-electron chi connectivity index (χ3n) is 5.09. The highest BCUT2D eigenvalue weighted by atomic mass is 16.1. The van der Waals surface area contributed by atoms with Crippen LogP contribution in [0.1, 0.15) is 34.8 Å². The average Bonchev–Trinajstić information content (AvgIpc) is 3.06. The Morgan fingerprint density at radius 3 is 2.32 bits per heavy atom. The van der Waals surface area contributed by atoms with E-state index in [0.717, 1.165) is 38.0 Å². The lowest BCUT2D eigenvalue weighted by Crippen LogP contribution is -2.30. The van der Waals surface area contributed by atoms with E-state index in [0.29, 0.717) is 0 Å². The molecule has 0 bridgehead atoms. The summed E-state index contributed by atoms with van der Waals surface area (Å²) in [6, 6.07) is 20.5. The maximum Gasteiger partial charge on any atom is 0.167 e. The molecular formula is C22H28N2O. The number of ketones is 1. The van der Waals surface area contributed by atoms with E-state index in [1.165, 1.54) is 5.56 Å². The topological polar surface area (TPSA) is 23.6 Å². The van der Waals surface area contributed by atoms with Crippen molar-refractivity contribution in [3.63, 3.8) is 0 Å². The average molecular weight is 336 g/mol. The van der Waals surface area contributed by atoms with Crippen molar-refractivity contribution in [3.05, 3.63) is 71.8 Å². The fourth-order valence-corrected chi connectivity index (χ4v) is 3.88. The number of nitrogens with zero attached hydrogens (tertiary/aromatic N) is 2. The molecule has 0 N–H and O–H groups in total. The van der Waals surface area contributed by atoms with Crippen LogP contribution >= 0.6 is 0 Å². The fourth-order valence-electron chi connectivity index (χ4n) is 3.88. The van der Waals surface area contributed by atoms with Crippen LogP contribution in [0.25, 0.3) is 0 Å². The second-order valence-corrected chi connectivity index (χ2v) is 7.17. The van der Waals surface area contributed by atoms with E-state index in [-0.39, 0.29) is 17.7 Å². The van der Waals surface area contributed by atoms with Gasteiger partial charge in [-0.15, -0.1) is 0 Å². The summed E-state index contributed by atoms with van der Waals surface area (Å²) in [5.41, 5.74) is 2.10. The number of hydrogen-bond acceptors (Lipinski definition) is 3. The minimum atomic E-state index is 0.0455. The number of carbonyl (C=O) groups excluding carboxylic acids is 1. The van der Waals surface area contributed by atoms with Crippen molar-refractivity contribution in [1.82, 2.24) is 9.80 Å². The second-order valence-electron chi connectivity index (χ2n) is 7.17. The molecule has 1 heterocycles. The van der Waals surface area contributed by atoms with Gasteiger partial charge in [0.25, 0.3) is 0 Å². The monoisotopic (exact) mass is 336 g/mol. The summed E-state index contributed by atoms with van der Waals surface area (Å²) in [5.74, 6) is 0.328. The maximum atomic E-state index is 13.1. The van der Waals surface area contributed by atoms with Crippen LogP contribution in [0.4, 0.5) is 0 Å². The minimum Gasteiger partial charge on any atom is -0.309 e. The van der Waals surface area contributed by atoms with Crippen LogP contribution < -0.4 is 0 Å². The van der Waals surface area contributed by atoms with Gasteiger partial charge < -0.3 is 4.90 Å². The Kier molecular flexibility index (Phi) is 6.00. The van der Waals surface area contributed by atoms with Crippen molar-refractivity contribution in [3.8, 4) is 0 Å². The SMILES string of the molecule is CN(C)CCCN1CC[C@H](C(=O)c2ccccc2)[C@H]1c1ccccc1. The maximum absolute atomic E-state index is 13.1. The van der Waals surface area contributed by atoms with Gasteiger partial charge in [-0.1, -0.05) is 60.7 Å². The van der Waals surface area contributed by atoms with Crippen LogP contribution in [0.2, 0.25) is 0 Å². The molecule has 3 nitrogen and oxygen atoms in total. The molecule has 0 aliphatic carbocycles. The molecule has 0 amide bonds. The lowest BCUT2D eigenvalue weighted by atomic mass is 9.87. The predicted molar refractivity (Wildman–Crippen MR) is 103 cm³/mol. The Balaban J connectivity index is 1.81. The van der Waals surface area contributed by atoms with Gasteiger partial charge in [-0.2, -0.15) is 0 Å². The first-order chi connectivity index (χ1) is 12.2. The highest BCUT2D eigenvalue weighted by molar-refractivity contribution is 5.98. The van der Waals surface area contributed by atoms with E-state index in [2.05, 4.69) is 48.2 Å². The molecule has 0 spiro atoms. The van der Waals surface area contributed by atoms with Crippen LogP contribution in [0.3, 0.4) is 0 Å². The van der Waals surface area contributed by atoms with Gasteiger partial charge in [0.15, 0.2) is 5.78 Å².